The molecule has 0 fully saturated rings. The summed E-state index contributed by atoms with van der Waals surface area (Å²) in [5, 5.41) is 4.24. The number of nitrogens with zero attached hydrogens (tertiary/aromatic N) is 2. The van der Waals surface area contributed by atoms with Gasteiger partial charge in [0, 0.05) is 29.3 Å². The molecule has 40 heavy (non-hydrogen) atoms. The SMILES string of the molecule is CCCCc1nc(Cl)c(C(=O)NCC(=O)OCC)n1Cc1ccc2c(-c3ccccc3C(=O)OC)oc(Br)c2c1. The number of unbranched alkanes of at least 4 members (excludes halogenated alkanes) is 1. The molecule has 2 aromatic carbocycles. The number of carbonyl (C=O) groups is 3. The van der Waals surface area contributed by atoms with Crippen molar-refractivity contribution in [2.75, 3.05) is 20.3 Å². The number of ether oxygens (including phenoxy) is 2. The van der Waals surface area contributed by atoms with Crippen molar-refractivity contribution in [1.29, 1.82) is 0 Å². The molecular weight excluding hydrogens is 602 g/mol. The van der Waals surface area contributed by atoms with E-state index in [9.17, 15) is 14.4 Å². The predicted molar refractivity (Wildman–Crippen MR) is 155 cm³/mol. The van der Waals surface area contributed by atoms with Crippen LogP contribution < -0.4 is 5.32 Å². The minimum atomic E-state index is -0.538. The molecule has 2 aromatic heterocycles. The molecule has 0 aliphatic rings. The highest BCUT2D eigenvalue weighted by molar-refractivity contribution is 9.10. The third-order valence-electron chi connectivity index (χ3n) is 6.32. The number of aromatic nitrogens is 2. The molecule has 4 aromatic rings. The fourth-order valence-corrected chi connectivity index (χ4v) is 5.20. The van der Waals surface area contributed by atoms with Crippen LogP contribution in [-0.2, 0) is 27.2 Å². The van der Waals surface area contributed by atoms with E-state index in [4.69, 9.17) is 25.5 Å². The van der Waals surface area contributed by atoms with Crippen LogP contribution in [0.1, 0.15) is 58.9 Å². The number of imidazole rings is 1. The third kappa shape index (κ3) is 6.23. The lowest BCUT2D eigenvalue weighted by molar-refractivity contribution is -0.141. The van der Waals surface area contributed by atoms with E-state index < -0.39 is 17.8 Å². The average molecular weight is 631 g/mol. The van der Waals surface area contributed by atoms with Crippen molar-refractivity contribution in [3.63, 3.8) is 0 Å². The quantitative estimate of drug-likeness (QED) is 0.197. The smallest absolute Gasteiger partial charge is 0.338 e. The molecule has 1 amide bonds. The fraction of sp³-hybridized carbons (Fsp3) is 0.310. The van der Waals surface area contributed by atoms with Crippen molar-refractivity contribution in [1.82, 2.24) is 14.9 Å². The Morgan fingerprint density at radius 3 is 2.62 bits per heavy atom. The van der Waals surface area contributed by atoms with Crippen LogP contribution in [0, 0.1) is 0 Å². The normalized spacial score (nSPS) is 11.0. The van der Waals surface area contributed by atoms with Crippen LogP contribution in [-0.4, -0.2) is 47.7 Å². The molecule has 11 heteroatoms. The first-order valence-electron chi connectivity index (χ1n) is 12.9. The van der Waals surface area contributed by atoms with Crippen molar-refractivity contribution in [3.05, 3.63) is 74.9 Å². The molecule has 0 saturated carbocycles. The molecule has 0 spiro atoms. The first-order chi connectivity index (χ1) is 19.3. The van der Waals surface area contributed by atoms with E-state index in [-0.39, 0.29) is 24.0 Å². The Hall–Kier alpha value is -3.63. The van der Waals surface area contributed by atoms with E-state index in [0.29, 0.717) is 40.3 Å². The van der Waals surface area contributed by atoms with Crippen LogP contribution >= 0.6 is 27.5 Å². The number of nitrogens with one attached hydrogen (secondary N) is 1. The molecule has 9 nitrogen and oxygen atoms in total. The number of esters is 2. The van der Waals surface area contributed by atoms with Crippen LogP contribution in [0.2, 0.25) is 5.15 Å². The number of amides is 1. The molecule has 0 bridgehead atoms. The number of aryl methyl sites for hydroxylation is 1. The zero-order valence-corrected chi connectivity index (χ0v) is 24.7. The standard InChI is InChI=1S/C29H29BrClN3O6/c1-4-6-11-22-33-27(31)24(28(36)32-15-23(35)39-5-2)34(22)16-17-12-13-19-21(14-17)26(30)40-25(19)18-9-7-8-10-20(18)29(37)38-3/h7-10,12-14H,4-6,11,15-16H2,1-3H3,(H,32,36). The maximum atomic E-state index is 13.1. The summed E-state index contributed by atoms with van der Waals surface area (Å²) in [6, 6.07) is 12.9. The number of methoxy groups -OCH3 is 1. The van der Waals surface area contributed by atoms with Gasteiger partial charge in [-0.3, -0.25) is 9.59 Å². The first-order valence-corrected chi connectivity index (χ1v) is 14.0. The highest BCUT2D eigenvalue weighted by Crippen LogP contribution is 2.39. The number of halogens is 2. The van der Waals surface area contributed by atoms with Gasteiger partial charge in [0.25, 0.3) is 5.91 Å². The summed E-state index contributed by atoms with van der Waals surface area (Å²) in [6.07, 6.45) is 2.44. The van der Waals surface area contributed by atoms with Crippen LogP contribution in [0.5, 0.6) is 0 Å². The minimum absolute atomic E-state index is 0.0692. The van der Waals surface area contributed by atoms with Gasteiger partial charge < -0.3 is 23.8 Å². The Balaban J connectivity index is 1.71. The van der Waals surface area contributed by atoms with Gasteiger partial charge in [-0.05, 0) is 47.0 Å². The molecule has 0 aliphatic heterocycles. The zero-order chi connectivity index (χ0) is 28.8. The number of benzene rings is 2. The summed E-state index contributed by atoms with van der Waals surface area (Å²) in [6.45, 7) is 4.02. The largest absolute Gasteiger partial charge is 0.465 e. The Kier molecular flexibility index (Phi) is 9.65. The lowest BCUT2D eigenvalue weighted by Gasteiger charge is -2.13. The number of furan rings is 1. The molecule has 0 atom stereocenters. The van der Waals surface area contributed by atoms with Gasteiger partial charge >= 0.3 is 11.9 Å². The molecular formula is C29H29BrClN3O6. The fourth-order valence-electron chi connectivity index (χ4n) is 4.43. The highest BCUT2D eigenvalue weighted by Gasteiger charge is 2.24. The lowest BCUT2D eigenvalue weighted by Crippen LogP contribution is -2.32. The molecule has 0 unspecified atom stereocenters. The van der Waals surface area contributed by atoms with E-state index in [0.717, 1.165) is 29.2 Å². The molecule has 2 heterocycles. The number of carbonyl (C=O) groups excluding carboxylic acids is 3. The van der Waals surface area contributed by atoms with Gasteiger partial charge in [0.2, 0.25) is 0 Å². The van der Waals surface area contributed by atoms with Gasteiger partial charge in [-0.25, -0.2) is 9.78 Å². The van der Waals surface area contributed by atoms with Crippen molar-refractivity contribution in [3.8, 4) is 11.3 Å². The summed E-state index contributed by atoms with van der Waals surface area (Å²) in [7, 11) is 1.34. The summed E-state index contributed by atoms with van der Waals surface area (Å²) >= 11 is 9.96. The summed E-state index contributed by atoms with van der Waals surface area (Å²) in [4.78, 5) is 41.7. The van der Waals surface area contributed by atoms with E-state index in [1.54, 1.807) is 29.7 Å². The maximum Gasteiger partial charge on any atom is 0.338 e. The van der Waals surface area contributed by atoms with Crippen LogP contribution in [0.3, 0.4) is 0 Å². The second-order valence-electron chi connectivity index (χ2n) is 8.97. The summed E-state index contributed by atoms with van der Waals surface area (Å²) in [5.41, 5.74) is 2.05. The van der Waals surface area contributed by atoms with Crippen LogP contribution in [0.15, 0.2) is 51.6 Å². The van der Waals surface area contributed by atoms with E-state index in [1.807, 2.05) is 24.3 Å². The minimum Gasteiger partial charge on any atom is -0.465 e. The monoisotopic (exact) mass is 629 g/mol. The predicted octanol–water partition coefficient (Wildman–Crippen LogP) is 6.18. The van der Waals surface area contributed by atoms with Crippen LogP contribution in [0.4, 0.5) is 0 Å². The molecule has 0 saturated heterocycles. The van der Waals surface area contributed by atoms with Crippen LogP contribution in [0.25, 0.3) is 22.1 Å². The van der Waals surface area contributed by atoms with Gasteiger partial charge in [-0.15, -0.1) is 0 Å². The Bertz CT molecular complexity index is 1560. The van der Waals surface area contributed by atoms with E-state index in [2.05, 4.69) is 33.2 Å². The van der Waals surface area contributed by atoms with E-state index >= 15 is 0 Å². The topological polar surface area (TPSA) is 113 Å². The second kappa shape index (κ2) is 13.1. The first kappa shape index (κ1) is 29.4. The van der Waals surface area contributed by atoms with Crippen molar-refractivity contribution in [2.45, 2.75) is 39.7 Å². The second-order valence-corrected chi connectivity index (χ2v) is 10.0. The van der Waals surface area contributed by atoms with Gasteiger partial charge in [0.15, 0.2) is 9.82 Å². The molecule has 1 N–H and O–H groups in total. The molecule has 0 radical (unpaired) electrons. The summed E-state index contributed by atoms with van der Waals surface area (Å²) < 4.78 is 18.2. The van der Waals surface area contributed by atoms with Crippen molar-refractivity contribution < 1.29 is 28.3 Å². The number of rotatable bonds is 11. The number of hydrogen-bond donors (Lipinski definition) is 1. The lowest BCUT2D eigenvalue weighted by atomic mass is 10.0. The molecule has 210 valence electrons. The van der Waals surface area contributed by atoms with E-state index in [1.165, 1.54) is 7.11 Å². The molecule has 4 rings (SSSR count). The van der Waals surface area contributed by atoms with Gasteiger partial charge in [0.1, 0.15) is 23.8 Å². The number of hydrogen-bond acceptors (Lipinski definition) is 7. The number of fused-ring (bicyclic) bond motifs is 1. The Labute approximate surface area is 244 Å². The molecule has 0 aliphatic carbocycles. The Morgan fingerprint density at radius 2 is 1.90 bits per heavy atom. The average Bonchev–Trinajstić information content (AvgIpc) is 3.45. The highest BCUT2D eigenvalue weighted by atomic mass is 79.9. The van der Waals surface area contributed by atoms with Gasteiger partial charge in [-0.2, -0.15) is 0 Å². The van der Waals surface area contributed by atoms with Gasteiger partial charge in [0.05, 0.1) is 19.3 Å². The summed E-state index contributed by atoms with van der Waals surface area (Å²) in [5.74, 6) is -0.308. The Morgan fingerprint density at radius 1 is 1.12 bits per heavy atom. The maximum absolute atomic E-state index is 13.1. The zero-order valence-electron chi connectivity index (χ0n) is 22.4. The van der Waals surface area contributed by atoms with Gasteiger partial charge in [-0.1, -0.05) is 55.3 Å². The van der Waals surface area contributed by atoms with Crippen molar-refractivity contribution >= 4 is 56.1 Å². The third-order valence-corrected chi connectivity index (χ3v) is 7.17. The van der Waals surface area contributed by atoms with Crippen molar-refractivity contribution in [2.24, 2.45) is 0 Å².